The lowest BCUT2D eigenvalue weighted by Gasteiger charge is -2.24. The topological polar surface area (TPSA) is 50.4 Å². The van der Waals surface area contributed by atoms with Gasteiger partial charge in [-0.3, -0.25) is 4.79 Å². The van der Waals surface area contributed by atoms with Gasteiger partial charge in [-0.2, -0.15) is 0 Å². The number of amides is 1. The molecule has 2 fully saturated rings. The number of nitrogens with one attached hydrogen (secondary N) is 2. The van der Waals surface area contributed by atoms with Crippen molar-refractivity contribution >= 4 is 11.6 Å². The first kappa shape index (κ1) is 14.4. The Morgan fingerprint density at radius 1 is 1.33 bits per heavy atom. The zero-order valence-corrected chi connectivity index (χ0v) is 12.8. The second kappa shape index (κ2) is 6.06. The van der Waals surface area contributed by atoms with E-state index in [0.717, 1.165) is 23.4 Å². The maximum Gasteiger partial charge on any atom is 0.241 e. The molecule has 21 heavy (non-hydrogen) atoms. The first-order valence-corrected chi connectivity index (χ1v) is 7.89. The van der Waals surface area contributed by atoms with Crippen LogP contribution in [0.25, 0.3) is 0 Å². The van der Waals surface area contributed by atoms with Gasteiger partial charge < -0.3 is 15.4 Å². The molecule has 114 valence electrons. The van der Waals surface area contributed by atoms with Crippen LogP contribution < -0.4 is 15.4 Å². The van der Waals surface area contributed by atoms with Gasteiger partial charge in [0.25, 0.3) is 0 Å². The lowest BCUT2D eigenvalue weighted by Crippen LogP contribution is -2.39. The molecule has 3 unspecified atom stereocenters. The van der Waals surface area contributed by atoms with Crippen molar-refractivity contribution in [2.75, 3.05) is 12.4 Å². The highest BCUT2D eigenvalue weighted by atomic mass is 16.5. The van der Waals surface area contributed by atoms with Gasteiger partial charge in [0.2, 0.25) is 5.91 Å². The number of ether oxygens (including phenoxy) is 1. The van der Waals surface area contributed by atoms with Crippen LogP contribution in [0.3, 0.4) is 0 Å². The van der Waals surface area contributed by atoms with Crippen molar-refractivity contribution in [2.24, 2.45) is 5.92 Å². The van der Waals surface area contributed by atoms with Crippen LogP contribution in [0.15, 0.2) is 18.2 Å². The Morgan fingerprint density at radius 2 is 2.14 bits per heavy atom. The first-order chi connectivity index (χ1) is 10.2. The lowest BCUT2D eigenvalue weighted by atomic mass is 9.85. The van der Waals surface area contributed by atoms with Crippen LogP contribution in [0.5, 0.6) is 5.75 Å². The van der Waals surface area contributed by atoms with Gasteiger partial charge in [0, 0.05) is 6.04 Å². The van der Waals surface area contributed by atoms with Gasteiger partial charge in [-0.25, -0.2) is 0 Å². The van der Waals surface area contributed by atoms with E-state index >= 15 is 0 Å². The van der Waals surface area contributed by atoms with Gasteiger partial charge in [-0.1, -0.05) is 18.9 Å². The molecule has 0 spiro atoms. The second-order valence-electron chi connectivity index (χ2n) is 6.30. The van der Waals surface area contributed by atoms with E-state index < -0.39 is 0 Å². The summed E-state index contributed by atoms with van der Waals surface area (Å²) in [5, 5.41) is 6.52. The number of anilines is 1. The monoisotopic (exact) mass is 288 g/mol. The lowest BCUT2D eigenvalue weighted by molar-refractivity contribution is -0.117. The summed E-state index contributed by atoms with van der Waals surface area (Å²) in [6, 6.07) is 6.31. The third-order valence-corrected chi connectivity index (χ3v) is 4.79. The molecule has 1 aromatic carbocycles. The summed E-state index contributed by atoms with van der Waals surface area (Å²) in [7, 11) is 1.63. The second-order valence-corrected chi connectivity index (χ2v) is 6.30. The van der Waals surface area contributed by atoms with E-state index in [1.54, 1.807) is 7.11 Å². The molecule has 0 bridgehead atoms. The average Bonchev–Trinajstić information content (AvgIpc) is 2.93. The van der Waals surface area contributed by atoms with Crippen molar-refractivity contribution in [1.29, 1.82) is 0 Å². The Morgan fingerprint density at radius 3 is 2.90 bits per heavy atom. The molecule has 2 aliphatic rings. The SMILES string of the molecule is COc1cc(C)ccc1NC(=O)C1CC2CCCCC2N1. The molecule has 1 aliphatic heterocycles. The molecule has 0 radical (unpaired) electrons. The summed E-state index contributed by atoms with van der Waals surface area (Å²) >= 11 is 0. The van der Waals surface area contributed by atoms with Gasteiger partial charge in [0.15, 0.2) is 0 Å². The quantitative estimate of drug-likeness (QED) is 0.899. The number of hydrogen-bond acceptors (Lipinski definition) is 3. The molecule has 1 aromatic rings. The number of benzene rings is 1. The Bertz CT molecular complexity index is 516. The van der Waals surface area contributed by atoms with Crippen LogP contribution in [0.4, 0.5) is 5.69 Å². The van der Waals surface area contributed by atoms with Crippen LogP contribution in [0, 0.1) is 12.8 Å². The Hall–Kier alpha value is -1.55. The molecule has 1 amide bonds. The fraction of sp³-hybridized carbons (Fsp3) is 0.588. The molecule has 3 rings (SSSR count). The van der Waals surface area contributed by atoms with Crippen molar-refractivity contribution < 1.29 is 9.53 Å². The summed E-state index contributed by atoms with van der Waals surface area (Å²) in [4.78, 5) is 12.5. The molecule has 1 saturated carbocycles. The van der Waals surface area contributed by atoms with E-state index in [1.807, 2.05) is 25.1 Å². The number of aryl methyl sites for hydroxylation is 1. The number of hydrogen-bond donors (Lipinski definition) is 2. The number of carbonyl (C=O) groups excluding carboxylic acids is 1. The maximum atomic E-state index is 12.5. The van der Waals surface area contributed by atoms with Crippen LogP contribution in [0.1, 0.15) is 37.7 Å². The van der Waals surface area contributed by atoms with Gasteiger partial charge in [-0.05, 0) is 49.8 Å². The molecule has 4 heteroatoms. The van der Waals surface area contributed by atoms with Gasteiger partial charge >= 0.3 is 0 Å². The van der Waals surface area contributed by atoms with Crippen LogP contribution in [-0.2, 0) is 4.79 Å². The number of carbonyl (C=O) groups is 1. The van der Waals surface area contributed by atoms with Gasteiger partial charge in [-0.15, -0.1) is 0 Å². The van der Waals surface area contributed by atoms with Crippen LogP contribution in [-0.4, -0.2) is 25.1 Å². The molecule has 2 N–H and O–H groups in total. The minimum atomic E-state index is -0.0656. The molecule has 1 saturated heterocycles. The van der Waals surface area contributed by atoms with E-state index in [0.29, 0.717) is 12.0 Å². The molecule has 4 nitrogen and oxygen atoms in total. The van der Waals surface area contributed by atoms with E-state index in [4.69, 9.17) is 4.74 Å². The molecular formula is C17H24N2O2. The summed E-state index contributed by atoms with van der Waals surface area (Å²) in [5.74, 6) is 1.46. The van der Waals surface area contributed by atoms with E-state index in [1.165, 1.54) is 25.7 Å². The predicted molar refractivity (Wildman–Crippen MR) is 83.6 cm³/mol. The van der Waals surface area contributed by atoms with Crippen LogP contribution in [0.2, 0.25) is 0 Å². The minimum absolute atomic E-state index is 0.0616. The Kier molecular flexibility index (Phi) is 4.15. The fourth-order valence-corrected chi connectivity index (χ4v) is 3.64. The number of methoxy groups -OCH3 is 1. The summed E-state index contributed by atoms with van der Waals surface area (Å²) < 4.78 is 5.35. The van der Waals surface area contributed by atoms with Crippen molar-refractivity contribution in [3.63, 3.8) is 0 Å². The van der Waals surface area contributed by atoms with Gasteiger partial charge in [0.05, 0.1) is 18.8 Å². The third kappa shape index (κ3) is 3.05. The first-order valence-electron chi connectivity index (χ1n) is 7.89. The standard InChI is InChI=1S/C17H24N2O2/c1-11-7-8-14(16(9-11)21-2)19-17(20)15-10-12-5-3-4-6-13(12)18-15/h7-9,12-13,15,18H,3-6,10H2,1-2H3,(H,19,20). The maximum absolute atomic E-state index is 12.5. The van der Waals surface area contributed by atoms with Crippen molar-refractivity contribution in [3.8, 4) is 5.75 Å². The number of fused-ring (bicyclic) bond motifs is 1. The summed E-state index contributed by atoms with van der Waals surface area (Å²) in [6.45, 7) is 2.01. The molecule has 1 aliphatic carbocycles. The molecule has 3 atom stereocenters. The van der Waals surface area contributed by atoms with E-state index in [-0.39, 0.29) is 11.9 Å². The summed E-state index contributed by atoms with van der Waals surface area (Å²) in [5.41, 5.74) is 1.87. The predicted octanol–water partition coefficient (Wildman–Crippen LogP) is 2.86. The van der Waals surface area contributed by atoms with E-state index in [9.17, 15) is 4.79 Å². The Labute approximate surface area is 126 Å². The zero-order chi connectivity index (χ0) is 14.8. The molecule has 1 heterocycles. The van der Waals surface area contributed by atoms with Crippen LogP contribution >= 0.6 is 0 Å². The van der Waals surface area contributed by atoms with Crippen molar-refractivity contribution in [1.82, 2.24) is 5.32 Å². The Balaban J connectivity index is 1.67. The highest BCUT2D eigenvalue weighted by molar-refractivity contribution is 5.96. The van der Waals surface area contributed by atoms with E-state index in [2.05, 4.69) is 10.6 Å². The average molecular weight is 288 g/mol. The smallest absolute Gasteiger partial charge is 0.241 e. The normalized spacial score (nSPS) is 28.0. The third-order valence-electron chi connectivity index (χ3n) is 4.79. The fourth-order valence-electron chi connectivity index (χ4n) is 3.64. The molecule has 0 aromatic heterocycles. The van der Waals surface area contributed by atoms with Crippen molar-refractivity contribution in [2.45, 2.75) is 51.1 Å². The summed E-state index contributed by atoms with van der Waals surface area (Å²) in [6.07, 6.45) is 6.03. The number of rotatable bonds is 3. The zero-order valence-electron chi connectivity index (χ0n) is 12.8. The minimum Gasteiger partial charge on any atom is -0.495 e. The molecular weight excluding hydrogens is 264 g/mol. The largest absolute Gasteiger partial charge is 0.495 e. The van der Waals surface area contributed by atoms with Gasteiger partial charge in [0.1, 0.15) is 5.75 Å². The highest BCUT2D eigenvalue weighted by Gasteiger charge is 2.38. The highest BCUT2D eigenvalue weighted by Crippen LogP contribution is 2.34. The van der Waals surface area contributed by atoms with Crippen molar-refractivity contribution in [3.05, 3.63) is 23.8 Å².